The largest absolute Gasteiger partial charge is 0.368 e. The van der Waals surface area contributed by atoms with Gasteiger partial charge in [-0.05, 0) is 35.4 Å². The second-order valence-corrected chi connectivity index (χ2v) is 8.02. The lowest BCUT2D eigenvalue weighted by Crippen LogP contribution is -2.45. The van der Waals surface area contributed by atoms with Gasteiger partial charge in [0.05, 0.1) is 11.7 Å². The Hall–Kier alpha value is -2.04. The number of hydrogen-bond acceptors (Lipinski definition) is 5. The van der Waals surface area contributed by atoms with Crippen molar-refractivity contribution in [1.82, 2.24) is 28.4 Å². The summed E-state index contributed by atoms with van der Waals surface area (Å²) in [5, 5.41) is 7.91. The number of tetrazole rings is 1. The average molecular weight is 352 g/mol. The summed E-state index contributed by atoms with van der Waals surface area (Å²) in [6.45, 7) is 0.714. The van der Waals surface area contributed by atoms with E-state index in [-0.39, 0.29) is 11.7 Å². The van der Waals surface area contributed by atoms with Crippen LogP contribution in [0, 0.1) is 0 Å². The smallest absolute Gasteiger partial charge is 0.244 e. The maximum atomic E-state index is 12.5. The molecule has 2 heterocycles. The van der Waals surface area contributed by atoms with Crippen LogP contribution in [0.4, 0.5) is 0 Å². The summed E-state index contributed by atoms with van der Waals surface area (Å²) in [6.07, 6.45) is 1.06. The molecule has 1 aromatic heterocycles. The van der Waals surface area contributed by atoms with Crippen molar-refractivity contribution in [2.75, 3.05) is 27.2 Å². The van der Waals surface area contributed by atoms with Crippen LogP contribution in [-0.2, 0) is 10.2 Å². The molecule has 1 aliphatic heterocycles. The number of nitrogens with zero attached hydrogens (tertiary/aromatic N) is 6. The Balaban J connectivity index is 1.77. The highest BCUT2D eigenvalue weighted by molar-refractivity contribution is 7.86. The molecule has 1 aliphatic rings. The van der Waals surface area contributed by atoms with Gasteiger partial charge >= 0.3 is 5.69 Å². The molecule has 0 aliphatic carbocycles. The summed E-state index contributed by atoms with van der Waals surface area (Å²) in [5.41, 5.74) is 0.344. The number of piperidine rings is 1. The molecule has 130 valence electrons. The van der Waals surface area contributed by atoms with Gasteiger partial charge < -0.3 is 0 Å². The zero-order valence-electron chi connectivity index (χ0n) is 13.6. The highest BCUT2D eigenvalue weighted by Crippen LogP contribution is 2.22. The van der Waals surface area contributed by atoms with Crippen molar-refractivity contribution in [1.29, 1.82) is 0 Å². The van der Waals surface area contributed by atoms with Gasteiger partial charge in [-0.2, -0.15) is 26.4 Å². The van der Waals surface area contributed by atoms with Gasteiger partial charge in [-0.1, -0.05) is 18.2 Å². The first-order valence-corrected chi connectivity index (χ1v) is 9.08. The molecule has 0 saturated carbocycles. The van der Waals surface area contributed by atoms with Gasteiger partial charge in [-0.15, -0.1) is 0 Å². The minimum absolute atomic E-state index is 0.149. The van der Waals surface area contributed by atoms with Crippen molar-refractivity contribution in [3.8, 4) is 5.69 Å². The van der Waals surface area contributed by atoms with E-state index >= 15 is 0 Å². The minimum Gasteiger partial charge on any atom is -0.244 e. The van der Waals surface area contributed by atoms with Gasteiger partial charge in [0.2, 0.25) is 0 Å². The lowest BCUT2D eigenvalue weighted by Gasteiger charge is -2.32. The standard InChI is InChI=1S/C14H20N6O3S/c1-17(2)24(22,23)18-10-8-13(9-11-18)20-14(21)19(15-16-20)12-6-4-3-5-7-12/h3-7,13H,8-11H2,1-2H3. The molecule has 1 aromatic carbocycles. The van der Waals surface area contributed by atoms with E-state index in [0.29, 0.717) is 31.6 Å². The summed E-state index contributed by atoms with van der Waals surface area (Å²) in [6, 6.07) is 8.93. The SMILES string of the molecule is CN(C)S(=O)(=O)N1CCC(n2nnn(-c3ccccc3)c2=O)CC1. The van der Waals surface area contributed by atoms with Crippen LogP contribution in [0.15, 0.2) is 35.1 Å². The molecule has 0 bridgehead atoms. The third-order valence-electron chi connectivity index (χ3n) is 4.16. The van der Waals surface area contributed by atoms with Crippen molar-refractivity contribution in [2.24, 2.45) is 0 Å². The fourth-order valence-corrected chi connectivity index (χ4v) is 3.90. The quantitative estimate of drug-likeness (QED) is 0.764. The van der Waals surface area contributed by atoms with Gasteiger partial charge in [0, 0.05) is 27.2 Å². The minimum atomic E-state index is -3.42. The van der Waals surface area contributed by atoms with E-state index in [1.807, 2.05) is 18.2 Å². The number of rotatable bonds is 4. The zero-order valence-corrected chi connectivity index (χ0v) is 14.4. The molecule has 1 saturated heterocycles. The van der Waals surface area contributed by atoms with Crippen LogP contribution in [-0.4, -0.2) is 64.0 Å². The summed E-state index contributed by atoms with van der Waals surface area (Å²) in [5.74, 6) is 0. The molecule has 9 nitrogen and oxygen atoms in total. The van der Waals surface area contributed by atoms with E-state index in [4.69, 9.17) is 0 Å². The lowest BCUT2D eigenvalue weighted by atomic mass is 10.1. The molecule has 1 fully saturated rings. The van der Waals surface area contributed by atoms with Crippen LogP contribution in [0.25, 0.3) is 5.69 Å². The molecule has 0 radical (unpaired) electrons. The molecule has 0 N–H and O–H groups in total. The number of para-hydroxylation sites is 1. The number of benzene rings is 1. The summed E-state index contributed by atoms with van der Waals surface area (Å²) >= 11 is 0. The summed E-state index contributed by atoms with van der Waals surface area (Å²) < 4.78 is 29.5. The molecular formula is C14H20N6O3S. The second-order valence-electron chi connectivity index (χ2n) is 5.87. The average Bonchev–Trinajstić information content (AvgIpc) is 2.97. The Labute approximate surface area is 140 Å². The topological polar surface area (TPSA) is 93.3 Å². The highest BCUT2D eigenvalue weighted by Gasteiger charge is 2.31. The van der Waals surface area contributed by atoms with Crippen LogP contribution in [0.3, 0.4) is 0 Å². The predicted molar refractivity (Wildman–Crippen MR) is 88.1 cm³/mol. The van der Waals surface area contributed by atoms with E-state index in [1.165, 1.54) is 32.1 Å². The van der Waals surface area contributed by atoms with Gasteiger partial charge in [0.25, 0.3) is 10.2 Å². The molecule has 24 heavy (non-hydrogen) atoms. The highest BCUT2D eigenvalue weighted by atomic mass is 32.2. The Morgan fingerprint density at radius 2 is 1.71 bits per heavy atom. The van der Waals surface area contributed by atoms with E-state index in [2.05, 4.69) is 10.4 Å². The van der Waals surface area contributed by atoms with E-state index < -0.39 is 10.2 Å². The Morgan fingerprint density at radius 1 is 1.08 bits per heavy atom. The number of hydrogen-bond donors (Lipinski definition) is 0. The predicted octanol–water partition coefficient (Wildman–Crippen LogP) is -0.128. The third kappa shape index (κ3) is 2.99. The molecule has 0 unspecified atom stereocenters. The normalized spacial score (nSPS) is 17.5. The van der Waals surface area contributed by atoms with E-state index in [9.17, 15) is 13.2 Å². The van der Waals surface area contributed by atoms with Gasteiger partial charge in [-0.3, -0.25) is 0 Å². The van der Waals surface area contributed by atoms with Crippen molar-refractivity contribution >= 4 is 10.2 Å². The third-order valence-corrected chi connectivity index (χ3v) is 6.10. The van der Waals surface area contributed by atoms with Crippen LogP contribution < -0.4 is 5.69 Å². The van der Waals surface area contributed by atoms with E-state index in [1.54, 1.807) is 12.1 Å². The monoisotopic (exact) mass is 352 g/mol. The van der Waals surface area contributed by atoms with Crippen molar-refractivity contribution < 1.29 is 8.42 Å². The maximum Gasteiger partial charge on any atom is 0.368 e. The van der Waals surface area contributed by atoms with Crippen LogP contribution in [0.5, 0.6) is 0 Å². The van der Waals surface area contributed by atoms with Crippen molar-refractivity contribution in [3.05, 3.63) is 40.8 Å². The van der Waals surface area contributed by atoms with Gasteiger partial charge in [-0.25, -0.2) is 4.79 Å². The first-order valence-electron chi connectivity index (χ1n) is 7.69. The first-order chi connectivity index (χ1) is 11.4. The van der Waals surface area contributed by atoms with Crippen LogP contribution in [0.1, 0.15) is 18.9 Å². The fourth-order valence-electron chi connectivity index (χ4n) is 2.77. The Bertz CT molecular complexity index is 850. The summed E-state index contributed by atoms with van der Waals surface area (Å²) in [7, 11) is -0.393. The molecule has 0 atom stereocenters. The zero-order chi connectivity index (χ0) is 17.3. The van der Waals surface area contributed by atoms with Crippen molar-refractivity contribution in [3.63, 3.8) is 0 Å². The lowest BCUT2D eigenvalue weighted by molar-refractivity contribution is 0.246. The second kappa shape index (κ2) is 6.46. The van der Waals surface area contributed by atoms with Gasteiger partial charge in [0.15, 0.2) is 0 Å². The fraction of sp³-hybridized carbons (Fsp3) is 0.500. The molecular weight excluding hydrogens is 332 g/mol. The molecule has 0 spiro atoms. The van der Waals surface area contributed by atoms with E-state index in [0.717, 1.165) is 0 Å². The molecule has 0 amide bonds. The Kier molecular flexibility index (Phi) is 4.52. The number of aromatic nitrogens is 4. The molecule has 10 heteroatoms. The Morgan fingerprint density at radius 3 is 2.29 bits per heavy atom. The summed E-state index contributed by atoms with van der Waals surface area (Å²) in [4.78, 5) is 12.5. The maximum absolute atomic E-state index is 12.5. The van der Waals surface area contributed by atoms with Crippen molar-refractivity contribution in [2.45, 2.75) is 18.9 Å². The first kappa shape index (κ1) is 16.8. The van der Waals surface area contributed by atoms with Crippen LogP contribution in [0.2, 0.25) is 0 Å². The van der Waals surface area contributed by atoms with Gasteiger partial charge in [0.1, 0.15) is 0 Å². The van der Waals surface area contributed by atoms with Crippen LogP contribution >= 0.6 is 0 Å². The molecule has 3 rings (SSSR count). The molecule has 2 aromatic rings.